The second-order valence-corrected chi connectivity index (χ2v) is 6.68. The number of hydrogen-bond donors (Lipinski definition) is 1. The molecule has 1 unspecified atom stereocenters. The highest BCUT2D eigenvalue weighted by atomic mass is 16.5. The van der Waals surface area contributed by atoms with E-state index in [4.69, 9.17) is 9.15 Å². The van der Waals surface area contributed by atoms with E-state index >= 15 is 0 Å². The molecule has 2 aromatic heterocycles. The number of furan rings is 1. The summed E-state index contributed by atoms with van der Waals surface area (Å²) in [6.45, 7) is 2.31. The summed E-state index contributed by atoms with van der Waals surface area (Å²) in [5, 5.41) is 9.40. The van der Waals surface area contributed by atoms with Crippen LogP contribution in [0.25, 0.3) is 0 Å². The fourth-order valence-corrected chi connectivity index (χ4v) is 3.51. The Kier molecular flexibility index (Phi) is 4.32. The number of pyridine rings is 1. The van der Waals surface area contributed by atoms with Gasteiger partial charge < -0.3 is 18.8 Å². The third-order valence-corrected chi connectivity index (χ3v) is 4.90. The van der Waals surface area contributed by atoms with Gasteiger partial charge in [-0.1, -0.05) is 12.1 Å². The smallest absolute Gasteiger partial charge is 0.312 e. The van der Waals surface area contributed by atoms with Crippen LogP contribution in [0.5, 0.6) is 11.5 Å². The number of phenolic OH excluding ortho intramolecular Hbond substituents is 1. The van der Waals surface area contributed by atoms with Gasteiger partial charge in [-0.15, -0.1) is 0 Å². The normalized spacial score (nSPS) is 16.0. The standard InChI is InChI=1S/C21H19NO5/c1-13-11-18-20(16(12-19(24)27-18)17-3-2-10-26-17)21(25)22(13)9-8-14-4-6-15(23)7-5-14/h2-7,10-11,16,23H,8-9,12H2,1H3. The second kappa shape index (κ2) is 6.79. The molecule has 1 aromatic carbocycles. The average molecular weight is 365 g/mol. The summed E-state index contributed by atoms with van der Waals surface area (Å²) in [6, 6.07) is 12.2. The molecule has 0 aliphatic carbocycles. The number of aryl methyl sites for hydroxylation is 2. The van der Waals surface area contributed by atoms with Gasteiger partial charge in [0.05, 0.1) is 24.2 Å². The first kappa shape index (κ1) is 17.1. The Morgan fingerprint density at radius 1 is 1.19 bits per heavy atom. The zero-order chi connectivity index (χ0) is 19.0. The highest BCUT2D eigenvalue weighted by Crippen LogP contribution is 2.37. The molecule has 3 aromatic rings. The number of benzene rings is 1. The summed E-state index contributed by atoms with van der Waals surface area (Å²) in [5.74, 6) is 0.299. The quantitative estimate of drug-likeness (QED) is 0.719. The van der Waals surface area contributed by atoms with Crippen molar-refractivity contribution in [3.05, 3.63) is 81.7 Å². The predicted octanol–water partition coefficient (Wildman–Crippen LogP) is 3.14. The van der Waals surface area contributed by atoms with E-state index in [9.17, 15) is 14.7 Å². The first-order chi connectivity index (χ1) is 13.0. The summed E-state index contributed by atoms with van der Waals surface area (Å²) in [5.41, 5.74) is 2.04. The number of phenols is 1. The van der Waals surface area contributed by atoms with Crippen LogP contribution >= 0.6 is 0 Å². The highest BCUT2D eigenvalue weighted by Gasteiger charge is 2.34. The van der Waals surface area contributed by atoms with Crippen molar-refractivity contribution in [1.82, 2.24) is 4.57 Å². The van der Waals surface area contributed by atoms with Crippen molar-refractivity contribution in [3.63, 3.8) is 0 Å². The van der Waals surface area contributed by atoms with Gasteiger partial charge in [-0.3, -0.25) is 9.59 Å². The number of carbonyl (C=O) groups excluding carboxylic acids is 1. The molecule has 6 heteroatoms. The molecule has 0 amide bonds. The number of rotatable bonds is 4. The van der Waals surface area contributed by atoms with Gasteiger partial charge in [0.25, 0.3) is 5.56 Å². The fourth-order valence-electron chi connectivity index (χ4n) is 3.51. The van der Waals surface area contributed by atoms with Gasteiger partial charge in [0.1, 0.15) is 17.3 Å². The molecule has 0 spiro atoms. The molecule has 1 atom stereocenters. The number of esters is 1. The minimum absolute atomic E-state index is 0.0801. The zero-order valence-electron chi connectivity index (χ0n) is 14.8. The lowest BCUT2D eigenvalue weighted by Gasteiger charge is -2.24. The maximum Gasteiger partial charge on any atom is 0.312 e. The number of aromatic nitrogens is 1. The first-order valence-corrected chi connectivity index (χ1v) is 8.79. The Labute approximate surface area is 155 Å². The molecule has 0 radical (unpaired) electrons. The number of ether oxygens (including phenoxy) is 1. The number of hydrogen-bond acceptors (Lipinski definition) is 5. The highest BCUT2D eigenvalue weighted by molar-refractivity contribution is 5.77. The Balaban J connectivity index is 1.72. The lowest BCUT2D eigenvalue weighted by atomic mass is 9.91. The SMILES string of the molecule is Cc1cc2c(c(=O)n1CCc1ccc(O)cc1)C(c1ccco1)CC(=O)O2. The van der Waals surface area contributed by atoms with Gasteiger partial charge in [0.15, 0.2) is 0 Å². The molecule has 6 nitrogen and oxygen atoms in total. The van der Waals surface area contributed by atoms with Crippen LogP contribution in [0, 0.1) is 6.92 Å². The molecule has 0 saturated carbocycles. The minimum atomic E-state index is -0.440. The number of fused-ring (bicyclic) bond motifs is 1. The van der Waals surface area contributed by atoms with Crippen LogP contribution < -0.4 is 10.3 Å². The van der Waals surface area contributed by atoms with E-state index in [0.29, 0.717) is 30.0 Å². The zero-order valence-corrected chi connectivity index (χ0v) is 14.8. The molecule has 3 heterocycles. The van der Waals surface area contributed by atoms with E-state index in [1.165, 1.54) is 6.26 Å². The third-order valence-electron chi connectivity index (χ3n) is 4.90. The monoisotopic (exact) mass is 365 g/mol. The fraction of sp³-hybridized carbons (Fsp3) is 0.238. The van der Waals surface area contributed by atoms with Crippen LogP contribution in [0.3, 0.4) is 0 Å². The van der Waals surface area contributed by atoms with Crippen molar-refractivity contribution in [2.75, 3.05) is 0 Å². The molecule has 138 valence electrons. The molecule has 1 N–H and O–H groups in total. The second-order valence-electron chi connectivity index (χ2n) is 6.68. The summed E-state index contributed by atoms with van der Waals surface area (Å²) in [6.07, 6.45) is 2.26. The summed E-state index contributed by atoms with van der Waals surface area (Å²) in [4.78, 5) is 25.2. The number of carbonyl (C=O) groups is 1. The van der Waals surface area contributed by atoms with Crippen molar-refractivity contribution in [1.29, 1.82) is 0 Å². The molecular weight excluding hydrogens is 346 g/mol. The lowest BCUT2D eigenvalue weighted by molar-refractivity contribution is -0.135. The average Bonchev–Trinajstić information content (AvgIpc) is 3.16. The van der Waals surface area contributed by atoms with Crippen molar-refractivity contribution < 1.29 is 19.1 Å². The van der Waals surface area contributed by atoms with Crippen molar-refractivity contribution in [2.24, 2.45) is 0 Å². The molecule has 0 saturated heterocycles. The predicted molar refractivity (Wildman–Crippen MR) is 98.1 cm³/mol. The molecule has 1 aliphatic rings. The lowest BCUT2D eigenvalue weighted by Crippen LogP contribution is -2.33. The first-order valence-electron chi connectivity index (χ1n) is 8.79. The van der Waals surface area contributed by atoms with Crippen LogP contribution in [0.2, 0.25) is 0 Å². The van der Waals surface area contributed by atoms with E-state index in [-0.39, 0.29) is 23.7 Å². The van der Waals surface area contributed by atoms with E-state index < -0.39 is 5.92 Å². The van der Waals surface area contributed by atoms with Crippen molar-refractivity contribution >= 4 is 5.97 Å². The summed E-state index contributed by atoms with van der Waals surface area (Å²) in [7, 11) is 0. The van der Waals surface area contributed by atoms with E-state index in [1.807, 2.05) is 19.1 Å². The van der Waals surface area contributed by atoms with E-state index in [2.05, 4.69) is 0 Å². The van der Waals surface area contributed by atoms with Gasteiger partial charge in [0, 0.05) is 18.3 Å². The van der Waals surface area contributed by atoms with Gasteiger partial charge in [-0.05, 0) is 43.2 Å². The summed E-state index contributed by atoms with van der Waals surface area (Å²) >= 11 is 0. The Morgan fingerprint density at radius 3 is 2.67 bits per heavy atom. The van der Waals surface area contributed by atoms with Crippen molar-refractivity contribution in [2.45, 2.75) is 32.2 Å². The van der Waals surface area contributed by atoms with E-state index in [0.717, 1.165) is 11.3 Å². The summed E-state index contributed by atoms with van der Waals surface area (Å²) < 4.78 is 12.5. The third kappa shape index (κ3) is 3.26. The van der Waals surface area contributed by atoms with Crippen molar-refractivity contribution in [3.8, 4) is 11.5 Å². The Hall–Kier alpha value is -3.28. The molecule has 1 aliphatic heterocycles. The molecule has 0 fully saturated rings. The maximum absolute atomic E-state index is 13.2. The van der Waals surface area contributed by atoms with Crippen LogP contribution in [-0.2, 0) is 17.8 Å². The minimum Gasteiger partial charge on any atom is -0.508 e. The van der Waals surface area contributed by atoms with Crippen LogP contribution in [0.15, 0.2) is 57.9 Å². The van der Waals surface area contributed by atoms with Crippen LogP contribution in [-0.4, -0.2) is 15.6 Å². The number of nitrogens with zero attached hydrogens (tertiary/aromatic N) is 1. The van der Waals surface area contributed by atoms with Gasteiger partial charge in [-0.25, -0.2) is 0 Å². The van der Waals surface area contributed by atoms with Gasteiger partial charge in [-0.2, -0.15) is 0 Å². The van der Waals surface area contributed by atoms with Crippen LogP contribution in [0.4, 0.5) is 0 Å². The largest absolute Gasteiger partial charge is 0.508 e. The van der Waals surface area contributed by atoms with E-state index in [1.54, 1.807) is 34.9 Å². The molecule has 27 heavy (non-hydrogen) atoms. The molecular formula is C21H19NO5. The van der Waals surface area contributed by atoms with Gasteiger partial charge >= 0.3 is 5.97 Å². The Morgan fingerprint density at radius 2 is 1.96 bits per heavy atom. The maximum atomic E-state index is 13.2. The molecule has 0 bridgehead atoms. The number of aromatic hydroxyl groups is 1. The molecule has 4 rings (SSSR count). The Bertz CT molecular complexity index is 1030. The van der Waals surface area contributed by atoms with Crippen LogP contribution in [0.1, 0.15) is 34.9 Å². The van der Waals surface area contributed by atoms with Gasteiger partial charge in [0.2, 0.25) is 0 Å². The topological polar surface area (TPSA) is 81.7 Å².